The van der Waals surface area contributed by atoms with Gasteiger partial charge in [-0.3, -0.25) is 4.79 Å². The second-order valence-electron chi connectivity index (χ2n) is 7.86. The molecule has 0 bridgehead atoms. The zero-order valence-electron chi connectivity index (χ0n) is 17.5. The van der Waals surface area contributed by atoms with Gasteiger partial charge in [0, 0.05) is 16.5 Å². The van der Waals surface area contributed by atoms with Crippen molar-refractivity contribution in [3.8, 4) is 11.4 Å². The Kier molecular flexibility index (Phi) is 4.37. The van der Waals surface area contributed by atoms with Gasteiger partial charge >= 0.3 is 11.9 Å². The van der Waals surface area contributed by atoms with E-state index in [-0.39, 0.29) is 29.9 Å². The Hall–Kier alpha value is -4.01. The van der Waals surface area contributed by atoms with Crippen molar-refractivity contribution in [2.24, 2.45) is 10.9 Å². The minimum Gasteiger partial charge on any atom is -0.457 e. The van der Waals surface area contributed by atoms with Gasteiger partial charge in [-0.25, -0.2) is 14.6 Å². The quantitative estimate of drug-likeness (QED) is 0.227. The van der Waals surface area contributed by atoms with E-state index < -0.39 is 17.5 Å². The predicted octanol–water partition coefficient (Wildman–Crippen LogP) is 1.97. The van der Waals surface area contributed by atoms with Crippen molar-refractivity contribution < 1.29 is 19.1 Å². The van der Waals surface area contributed by atoms with Gasteiger partial charge in [-0.2, -0.15) is 5.10 Å². The smallest absolute Gasteiger partial charge is 0.355 e. The molecule has 0 saturated heterocycles. The molecular weight excluding hydrogens is 412 g/mol. The maximum Gasteiger partial charge on any atom is 0.355 e. The van der Waals surface area contributed by atoms with E-state index in [9.17, 15) is 14.4 Å². The molecule has 2 aliphatic heterocycles. The SMILES string of the molecule is CC[C@@]1(OC(=O)/C(C)=N/N)C(=O)OCc2c1cc1n(c2=O)Cc2cc3ccccc3nc2-1. The third-order valence-electron chi connectivity index (χ3n) is 6.14. The Morgan fingerprint density at radius 1 is 1.31 bits per heavy atom. The van der Waals surface area contributed by atoms with Crippen LogP contribution in [0, 0.1) is 0 Å². The summed E-state index contributed by atoms with van der Waals surface area (Å²) < 4.78 is 12.5. The standard InChI is InChI=1S/C23H20N4O5/c1-3-23(32-21(29)12(2)26-24)16-9-18-19-14(8-13-6-4-5-7-17(13)25-19)10-27(18)20(28)15(16)11-31-22(23)30/h4-9H,3,10-11,24H2,1-2H3/b26-12+/t23-/m0/s1. The van der Waals surface area contributed by atoms with E-state index in [4.69, 9.17) is 20.3 Å². The molecular formula is C23H20N4O5. The molecule has 9 heteroatoms. The Balaban J connectivity index is 1.74. The molecule has 0 amide bonds. The molecule has 0 unspecified atom stereocenters. The van der Waals surface area contributed by atoms with Gasteiger partial charge < -0.3 is 19.9 Å². The molecule has 3 aromatic rings. The van der Waals surface area contributed by atoms with Crippen LogP contribution in [-0.4, -0.2) is 27.2 Å². The molecule has 0 fully saturated rings. The van der Waals surface area contributed by atoms with Crippen LogP contribution in [0.25, 0.3) is 22.3 Å². The first-order chi connectivity index (χ1) is 15.4. The van der Waals surface area contributed by atoms with Gasteiger partial charge in [-0.05, 0) is 31.5 Å². The molecule has 0 saturated carbocycles. The number of para-hydroxylation sites is 1. The van der Waals surface area contributed by atoms with Crippen molar-refractivity contribution >= 4 is 28.6 Å². The van der Waals surface area contributed by atoms with E-state index >= 15 is 0 Å². The number of benzene rings is 1. The lowest BCUT2D eigenvalue weighted by atomic mass is 9.85. The Morgan fingerprint density at radius 3 is 2.84 bits per heavy atom. The summed E-state index contributed by atoms with van der Waals surface area (Å²) in [7, 11) is 0. The van der Waals surface area contributed by atoms with Gasteiger partial charge in [-0.15, -0.1) is 0 Å². The Labute approximate surface area is 182 Å². The normalized spacial score (nSPS) is 19.2. The fraction of sp³-hybridized carbons (Fsp3) is 0.261. The third kappa shape index (κ3) is 2.67. The zero-order chi connectivity index (χ0) is 22.6. The molecule has 162 valence electrons. The van der Waals surface area contributed by atoms with Crippen molar-refractivity contribution in [3.05, 3.63) is 63.4 Å². The highest BCUT2D eigenvalue weighted by Gasteiger charge is 2.50. The van der Waals surface area contributed by atoms with E-state index in [0.29, 0.717) is 23.5 Å². The number of rotatable bonds is 3. The highest BCUT2D eigenvalue weighted by molar-refractivity contribution is 6.35. The molecule has 2 aliphatic rings. The number of aromatic nitrogens is 2. The number of esters is 2. The molecule has 2 aromatic heterocycles. The van der Waals surface area contributed by atoms with Crippen molar-refractivity contribution in [2.45, 2.75) is 39.0 Å². The first-order valence-corrected chi connectivity index (χ1v) is 10.2. The van der Waals surface area contributed by atoms with E-state index in [1.807, 2.05) is 30.3 Å². The molecule has 4 heterocycles. The average molecular weight is 432 g/mol. The van der Waals surface area contributed by atoms with Gasteiger partial charge in [0.1, 0.15) is 12.3 Å². The van der Waals surface area contributed by atoms with E-state index in [0.717, 1.165) is 16.5 Å². The number of nitrogens with zero attached hydrogens (tertiary/aromatic N) is 3. The minimum absolute atomic E-state index is 0.0727. The first kappa shape index (κ1) is 19.9. The van der Waals surface area contributed by atoms with Crippen molar-refractivity contribution in [1.82, 2.24) is 9.55 Å². The fourth-order valence-corrected chi connectivity index (χ4v) is 4.37. The van der Waals surface area contributed by atoms with E-state index in [1.54, 1.807) is 17.6 Å². The summed E-state index contributed by atoms with van der Waals surface area (Å²) >= 11 is 0. The Morgan fingerprint density at radius 2 is 2.09 bits per heavy atom. The molecule has 1 atom stereocenters. The molecule has 5 rings (SSSR count). The van der Waals surface area contributed by atoms with Gasteiger partial charge in [-0.1, -0.05) is 25.1 Å². The third-order valence-corrected chi connectivity index (χ3v) is 6.14. The highest BCUT2D eigenvalue weighted by Crippen LogP contribution is 2.40. The van der Waals surface area contributed by atoms with Crippen LogP contribution in [0.4, 0.5) is 0 Å². The van der Waals surface area contributed by atoms with Crippen LogP contribution in [0.3, 0.4) is 0 Å². The van der Waals surface area contributed by atoms with Crippen LogP contribution >= 0.6 is 0 Å². The van der Waals surface area contributed by atoms with Crippen LogP contribution in [0.5, 0.6) is 0 Å². The number of hydrogen-bond acceptors (Lipinski definition) is 8. The number of pyridine rings is 2. The lowest BCUT2D eigenvalue weighted by Crippen LogP contribution is -2.48. The molecule has 1 aromatic carbocycles. The van der Waals surface area contributed by atoms with Gasteiger partial charge in [0.25, 0.3) is 5.56 Å². The number of carbonyl (C=O) groups excluding carboxylic acids is 2. The maximum absolute atomic E-state index is 13.4. The van der Waals surface area contributed by atoms with Crippen LogP contribution in [0.15, 0.2) is 46.3 Å². The first-order valence-electron chi connectivity index (χ1n) is 10.2. The number of nitrogens with two attached hydrogens (primary N) is 1. The fourth-order valence-electron chi connectivity index (χ4n) is 4.37. The lowest BCUT2D eigenvalue weighted by Gasteiger charge is -2.35. The lowest BCUT2D eigenvalue weighted by molar-refractivity contribution is -0.185. The van der Waals surface area contributed by atoms with Crippen LogP contribution in [0.1, 0.15) is 37.0 Å². The van der Waals surface area contributed by atoms with Crippen molar-refractivity contribution in [1.29, 1.82) is 0 Å². The Bertz CT molecular complexity index is 1410. The summed E-state index contributed by atoms with van der Waals surface area (Å²) in [6.07, 6.45) is 0.0727. The van der Waals surface area contributed by atoms with E-state index in [2.05, 4.69) is 5.10 Å². The van der Waals surface area contributed by atoms with Gasteiger partial charge in [0.05, 0.1) is 29.0 Å². The maximum atomic E-state index is 13.4. The largest absolute Gasteiger partial charge is 0.457 e. The number of carbonyl (C=O) groups is 2. The molecule has 32 heavy (non-hydrogen) atoms. The number of fused-ring (bicyclic) bond motifs is 5. The molecule has 0 aliphatic carbocycles. The summed E-state index contributed by atoms with van der Waals surface area (Å²) in [6.45, 7) is 3.23. The molecule has 0 spiro atoms. The predicted molar refractivity (Wildman–Crippen MR) is 116 cm³/mol. The van der Waals surface area contributed by atoms with Crippen molar-refractivity contribution in [2.75, 3.05) is 0 Å². The van der Waals surface area contributed by atoms with Gasteiger partial charge in [0.2, 0.25) is 5.60 Å². The highest BCUT2D eigenvalue weighted by atomic mass is 16.6. The monoisotopic (exact) mass is 432 g/mol. The number of ether oxygens (including phenoxy) is 2. The molecule has 0 radical (unpaired) electrons. The van der Waals surface area contributed by atoms with Crippen molar-refractivity contribution in [3.63, 3.8) is 0 Å². The van der Waals surface area contributed by atoms with Crippen LogP contribution < -0.4 is 11.4 Å². The van der Waals surface area contributed by atoms with Crippen LogP contribution in [-0.2, 0) is 37.8 Å². The average Bonchev–Trinajstić information content (AvgIpc) is 3.16. The number of hydrogen-bond donors (Lipinski definition) is 1. The molecule has 9 nitrogen and oxygen atoms in total. The van der Waals surface area contributed by atoms with E-state index in [1.165, 1.54) is 6.92 Å². The summed E-state index contributed by atoms with van der Waals surface area (Å²) in [4.78, 5) is 43.6. The number of hydrazone groups is 1. The summed E-state index contributed by atoms with van der Waals surface area (Å²) in [5.74, 6) is 3.60. The summed E-state index contributed by atoms with van der Waals surface area (Å²) in [5.41, 5.74) is 1.36. The number of cyclic esters (lactones) is 1. The van der Waals surface area contributed by atoms with Gasteiger partial charge in [0.15, 0.2) is 0 Å². The minimum atomic E-state index is -1.77. The second-order valence-corrected chi connectivity index (χ2v) is 7.86. The topological polar surface area (TPSA) is 126 Å². The van der Waals surface area contributed by atoms with Crippen LogP contribution in [0.2, 0.25) is 0 Å². The molecule has 2 N–H and O–H groups in total. The summed E-state index contributed by atoms with van der Waals surface area (Å²) in [6, 6.07) is 11.4. The second kappa shape index (κ2) is 7.01. The zero-order valence-corrected chi connectivity index (χ0v) is 17.5. The summed E-state index contributed by atoms with van der Waals surface area (Å²) in [5, 5.41) is 4.32.